The molecule has 0 aromatic heterocycles. The number of hydrogen-bond acceptors (Lipinski definition) is 1. The maximum absolute atomic E-state index is 13.6. The molecular weight excluding hydrogens is 238 g/mol. The minimum atomic E-state index is -3.96. The van der Waals surface area contributed by atoms with Crippen LogP contribution >= 0.6 is 0 Å². The van der Waals surface area contributed by atoms with Crippen LogP contribution < -0.4 is 0 Å². The lowest BCUT2D eigenvalue weighted by molar-refractivity contribution is -0.306. The topological polar surface area (TPSA) is 9.23 Å². The first-order chi connectivity index (χ1) is 7.27. The molecule has 0 saturated carbocycles. The molecule has 0 aromatic rings. The van der Waals surface area contributed by atoms with Gasteiger partial charge >= 0.3 is 5.85 Å². The normalized spacial score (nSPS) is 31.7. The largest absolute Gasteiger partial charge is 0.309 e. The summed E-state index contributed by atoms with van der Waals surface area (Å²) in [6.45, 7) is 2.36. The maximum atomic E-state index is 13.6. The molecule has 2 unspecified atom stereocenters. The molecule has 0 saturated heterocycles. The van der Waals surface area contributed by atoms with E-state index in [1.165, 1.54) is 13.8 Å². The van der Waals surface area contributed by atoms with Crippen LogP contribution in [0.2, 0.25) is 0 Å². The van der Waals surface area contributed by atoms with Crippen molar-refractivity contribution >= 4 is 0 Å². The van der Waals surface area contributed by atoms with Crippen molar-refractivity contribution in [3.8, 4) is 0 Å². The molecule has 0 amide bonds. The van der Waals surface area contributed by atoms with Gasteiger partial charge in [0.2, 0.25) is 5.83 Å². The monoisotopic (exact) mass is 246 g/mol. The minimum absolute atomic E-state index is 1.04. The molecule has 0 heterocycles. The van der Waals surface area contributed by atoms with Crippen LogP contribution in [0.1, 0.15) is 13.8 Å². The Morgan fingerprint density at radius 1 is 1.12 bits per heavy atom. The highest BCUT2D eigenvalue weighted by Gasteiger charge is 2.56. The molecule has 0 aromatic carbocycles. The van der Waals surface area contributed by atoms with Crippen LogP contribution in [-0.4, -0.2) is 5.85 Å². The highest BCUT2D eigenvalue weighted by Crippen LogP contribution is 2.50. The summed E-state index contributed by atoms with van der Waals surface area (Å²) in [5.41, 5.74) is 0. The number of allylic oxidation sites excluding steroid dienone is 2. The van der Waals surface area contributed by atoms with Gasteiger partial charge in [0.1, 0.15) is 5.83 Å². The summed E-state index contributed by atoms with van der Waals surface area (Å²) in [4.78, 5) is 2.67. The zero-order valence-electron chi connectivity index (χ0n) is 8.33. The van der Waals surface area contributed by atoms with Gasteiger partial charge in [-0.1, -0.05) is 13.8 Å². The molecule has 1 rings (SSSR count). The van der Waals surface area contributed by atoms with E-state index in [2.05, 4.69) is 4.94 Å². The van der Waals surface area contributed by atoms with Crippen LogP contribution in [0.25, 0.3) is 0 Å². The fourth-order valence-corrected chi connectivity index (χ4v) is 1.59. The van der Waals surface area contributed by atoms with Crippen LogP contribution in [0, 0.1) is 11.8 Å². The van der Waals surface area contributed by atoms with Gasteiger partial charge in [-0.2, -0.15) is 4.39 Å². The van der Waals surface area contributed by atoms with Crippen LogP contribution in [0.4, 0.5) is 26.5 Å². The molecule has 0 spiro atoms. The van der Waals surface area contributed by atoms with Crippen molar-refractivity contribution in [2.75, 3.05) is 0 Å². The molecule has 7 heteroatoms. The third-order valence-electron chi connectivity index (χ3n) is 2.35. The molecule has 0 aliphatic heterocycles. The minimum Gasteiger partial charge on any atom is -0.208 e. The number of alkyl halides is 1. The average Bonchev–Trinajstić information content (AvgIpc) is 2.23. The average molecular weight is 246 g/mol. The first-order valence-corrected chi connectivity index (χ1v) is 4.37. The van der Waals surface area contributed by atoms with E-state index in [9.17, 15) is 26.5 Å². The van der Waals surface area contributed by atoms with Gasteiger partial charge in [-0.3, -0.25) is 0 Å². The van der Waals surface area contributed by atoms with Gasteiger partial charge in [0.25, 0.3) is 0 Å². The van der Waals surface area contributed by atoms with E-state index in [-0.39, 0.29) is 0 Å². The molecule has 0 fully saturated rings. The molecule has 0 bridgehead atoms. The van der Waals surface area contributed by atoms with Crippen molar-refractivity contribution < 1.29 is 31.4 Å². The van der Waals surface area contributed by atoms with Crippen molar-refractivity contribution in [3.63, 3.8) is 0 Å². The Labute approximate surface area is 87.3 Å². The first-order valence-electron chi connectivity index (χ1n) is 4.37. The van der Waals surface area contributed by atoms with Gasteiger partial charge in [-0.25, -0.2) is 17.6 Å². The lowest BCUT2D eigenvalue weighted by atomic mass is 9.83. The fraction of sp³-hybridized carbons (Fsp3) is 0.556. The molecule has 0 radical (unpaired) electrons. The first kappa shape index (κ1) is 13.1. The predicted molar refractivity (Wildman–Crippen MR) is 42.8 cm³/mol. The zero-order valence-corrected chi connectivity index (χ0v) is 8.33. The molecule has 1 nitrogen and oxygen atoms in total. The summed E-state index contributed by atoms with van der Waals surface area (Å²) in [7, 11) is 0. The fourth-order valence-electron chi connectivity index (χ4n) is 1.59. The highest BCUT2D eigenvalue weighted by atomic mass is 19.3. The lowest BCUT2D eigenvalue weighted by Gasteiger charge is -2.32. The SMILES string of the molecule is CC(C)C1C(F)=C(F)C(F)=C(F)C1(F)OF. The number of rotatable bonds is 2. The maximum Gasteiger partial charge on any atom is 0.309 e. The van der Waals surface area contributed by atoms with Crippen molar-refractivity contribution in [1.82, 2.24) is 0 Å². The van der Waals surface area contributed by atoms with Crippen LogP contribution in [0.3, 0.4) is 0 Å². The van der Waals surface area contributed by atoms with E-state index in [0.29, 0.717) is 0 Å². The highest BCUT2D eigenvalue weighted by molar-refractivity contribution is 5.36. The van der Waals surface area contributed by atoms with Crippen molar-refractivity contribution in [3.05, 3.63) is 23.3 Å². The Kier molecular flexibility index (Phi) is 3.37. The molecule has 1 aliphatic carbocycles. The summed E-state index contributed by atoms with van der Waals surface area (Å²) in [6, 6.07) is 0. The Morgan fingerprint density at radius 3 is 2.00 bits per heavy atom. The van der Waals surface area contributed by atoms with Crippen molar-refractivity contribution in [1.29, 1.82) is 0 Å². The second-order valence-electron chi connectivity index (χ2n) is 3.73. The summed E-state index contributed by atoms with van der Waals surface area (Å²) in [6.07, 6.45) is 0. The Balaban J connectivity index is 3.41. The molecule has 1 aliphatic rings. The van der Waals surface area contributed by atoms with Gasteiger partial charge in [0, 0.05) is 0 Å². The van der Waals surface area contributed by atoms with Gasteiger partial charge < -0.3 is 0 Å². The quantitative estimate of drug-likeness (QED) is 0.665. The van der Waals surface area contributed by atoms with Gasteiger partial charge in [0.15, 0.2) is 11.7 Å². The standard InChI is InChI=1S/C9H8F6O/c1-3(2)4-5(10)6(11)7(12)8(13)9(4,14)16-15/h3-4H,1-2H3. The van der Waals surface area contributed by atoms with E-state index in [0.717, 1.165) is 0 Å². The van der Waals surface area contributed by atoms with Crippen LogP contribution in [-0.2, 0) is 4.94 Å². The summed E-state index contributed by atoms with van der Waals surface area (Å²) in [5, 5.41) is 0. The Hall–Kier alpha value is -0.980. The van der Waals surface area contributed by atoms with Crippen molar-refractivity contribution in [2.24, 2.45) is 11.8 Å². The van der Waals surface area contributed by atoms with Crippen LogP contribution in [0.15, 0.2) is 23.3 Å². The van der Waals surface area contributed by atoms with Gasteiger partial charge in [-0.15, -0.1) is 4.94 Å². The number of halogens is 6. The molecule has 16 heavy (non-hydrogen) atoms. The molecule has 0 N–H and O–H groups in total. The van der Waals surface area contributed by atoms with E-state index in [1.54, 1.807) is 0 Å². The summed E-state index contributed by atoms with van der Waals surface area (Å²) < 4.78 is 77.2. The molecule has 2 atom stereocenters. The third kappa shape index (κ3) is 1.63. The Morgan fingerprint density at radius 2 is 1.62 bits per heavy atom. The van der Waals surface area contributed by atoms with E-state index in [1.807, 2.05) is 0 Å². The zero-order chi connectivity index (χ0) is 12.7. The second kappa shape index (κ2) is 4.12. The predicted octanol–water partition coefficient (Wildman–Crippen LogP) is 4.14. The molecular formula is C9H8F6O. The second-order valence-corrected chi connectivity index (χ2v) is 3.73. The van der Waals surface area contributed by atoms with E-state index in [4.69, 9.17) is 0 Å². The van der Waals surface area contributed by atoms with Crippen LogP contribution in [0.5, 0.6) is 0 Å². The van der Waals surface area contributed by atoms with Gasteiger partial charge in [-0.05, 0) is 10.4 Å². The summed E-state index contributed by atoms with van der Waals surface area (Å²) >= 11 is 0. The number of hydrogen-bond donors (Lipinski definition) is 0. The van der Waals surface area contributed by atoms with Gasteiger partial charge in [0.05, 0.1) is 5.92 Å². The van der Waals surface area contributed by atoms with Crippen molar-refractivity contribution in [2.45, 2.75) is 19.7 Å². The Bertz CT molecular complexity index is 361. The third-order valence-corrected chi connectivity index (χ3v) is 2.35. The van der Waals surface area contributed by atoms with E-state index < -0.39 is 41.0 Å². The smallest absolute Gasteiger partial charge is 0.208 e. The molecule has 92 valence electrons. The van der Waals surface area contributed by atoms with E-state index >= 15 is 0 Å². The lowest BCUT2D eigenvalue weighted by Crippen LogP contribution is -2.41. The summed E-state index contributed by atoms with van der Waals surface area (Å²) in [5.74, 6) is -16.1.